The molecule has 3 aromatic rings. The number of halogens is 1. The van der Waals surface area contributed by atoms with E-state index in [0.29, 0.717) is 10.4 Å². The van der Waals surface area contributed by atoms with Crippen LogP contribution in [-0.2, 0) is 16.4 Å². The first-order valence-electron chi connectivity index (χ1n) is 7.05. The molecule has 1 aromatic heterocycles. The number of hydrogen-bond acceptors (Lipinski definition) is 2. The van der Waals surface area contributed by atoms with Crippen LogP contribution >= 0.6 is 15.9 Å². The molecule has 0 aliphatic carbocycles. The van der Waals surface area contributed by atoms with Crippen molar-refractivity contribution in [2.75, 3.05) is 0 Å². The molecule has 0 spiro atoms. The average Bonchev–Trinajstić information content (AvgIpc) is 2.85. The topological polar surface area (TPSA) is 39.1 Å². The molecule has 0 aliphatic heterocycles. The zero-order valence-corrected chi connectivity index (χ0v) is 14.8. The minimum atomic E-state index is -3.59. The second-order valence-corrected chi connectivity index (χ2v) is 7.97. The second kappa shape index (κ2) is 5.56. The fourth-order valence-electron chi connectivity index (χ4n) is 2.45. The summed E-state index contributed by atoms with van der Waals surface area (Å²) in [6.07, 6.45) is 2.54. The van der Waals surface area contributed by atoms with Crippen LogP contribution in [0.4, 0.5) is 0 Å². The van der Waals surface area contributed by atoms with Crippen molar-refractivity contribution in [3.8, 4) is 0 Å². The molecule has 2 aromatic carbocycles. The van der Waals surface area contributed by atoms with Crippen LogP contribution in [0.15, 0.2) is 58.0 Å². The van der Waals surface area contributed by atoms with Gasteiger partial charge in [0, 0.05) is 16.1 Å². The quantitative estimate of drug-likeness (QED) is 0.673. The highest BCUT2D eigenvalue weighted by atomic mass is 79.9. The summed E-state index contributed by atoms with van der Waals surface area (Å²) in [6, 6.07) is 12.8. The standard InChI is InChI=1S/C17H16BrNO2S/c1-3-13-6-9-17-15(10-13)16(18)11-19(17)22(20,21)14-7-4-12(2)5-8-14/h4-11H,3H2,1-2H3. The lowest BCUT2D eigenvalue weighted by Gasteiger charge is -2.08. The van der Waals surface area contributed by atoms with Crippen LogP contribution < -0.4 is 0 Å². The van der Waals surface area contributed by atoms with Gasteiger partial charge in [0.15, 0.2) is 0 Å². The van der Waals surface area contributed by atoms with Gasteiger partial charge in [-0.3, -0.25) is 0 Å². The summed E-state index contributed by atoms with van der Waals surface area (Å²) in [7, 11) is -3.59. The molecule has 5 heteroatoms. The Labute approximate surface area is 138 Å². The van der Waals surface area contributed by atoms with Gasteiger partial charge in [0.25, 0.3) is 10.0 Å². The van der Waals surface area contributed by atoms with Crippen LogP contribution in [0.3, 0.4) is 0 Å². The summed E-state index contributed by atoms with van der Waals surface area (Å²) in [4.78, 5) is 0.294. The Bertz CT molecular complexity index is 941. The van der Waals surface area contributed by atoms with Crippen molar-refractivity contribution in [2.45, 2.75) is 25.2 Å². The molecule has 22 heavy (non-hydrogen) atoms. The molecule has 1 heterocycles. The van der Waals surface area contributed by atoms with Gasteiger partial charge in [-0.1, -0.05) is 30.7 Å². The summed E-state index contributed by atoms with van der Waals surface area (Å²) >= 11 is 3.47. The second-order valence-electron chi connectivity index (χ2n) is 5.30. The average molecular weight is 378 g/mol. The van der Waals surface area contributed by atoms with Gasteiger partial charge < -0.3 is 0 Å². The molecule has 114 valence electrons. The fourth-order valence-corrected chi connectivity index (χ4v) is 4.48. The van der Waals surface area contributed by atoms with E-state index in [-0.39, 0.29) is 0 Å². The first-order chi connectivity index (χ1) is 10.4. The Morgan fingerprint density at radius 3 is 2.41 bits per heavy atom. The first-order valence-corrected chi connectivity index (χ1v) is 9.28. The molecular weight excluding hydrogens is 362 g/mol. The Balaban J connectivity index is 2.23. The van der Waals surface area contributed by atoms with Gasteiger partial charge in [0.05, 0.1) is 10.4 Å². The number of aromatic nitrogens is 1. The molecule has 0 aliphatic rings. The predicted molar refractivity (Wildman–Crippen MR) is 92.8 cm³/mol. The predicted octanol–water partition coefficient (Wildman–Crippen LogP) is 4.51. The lowest BCUT2D eigenvalue weighted by molar-refractivity contribution is 0.589. The van der Waals surface area contributed by atoms with Crippen LogP contribution in [0.5, 0.6) is 0 Å². The van der Waals surface area contributed by atoms with Gasteiger partial charge in [-0.2, -0.15) is 0 Å². The first kappa shape index (κ1) is 15.3. The van der Waals surface area contributed by atoms with Crippen molar-refractivity contribution >= 4 is 36.9 Å². The molecule has 0 amide bonds. The van der Waals surface area contributed by atoms with Crippen LogP contribution in [-0.4, -0.2) is 12.4 Å². The van der Waals surface area contributed by atoms with Gasteiger partial charge in [-0.15, -0.1) is 0 Å². The van der Waals surface area contributed by atoms with Crippen molar-refractivity contribution < 1.29 is 8.42 Å². The molecule has 0 N–H and O–H groups in total. The van der Waals surface area contributed by atoms with Crippen LogP contribution in [0.1, 0.15) is 18.1 Å². The molecule has 0 bridgehead atoms. The van der Waals surface area contributed by atoms with E-state index in [1.165, 1.54) is 9.54 Å². The molecule has 0 radical (unpaired) electrons. The lowest BCUT2D eigenvalue weighted by Crippen LogP contribution is -2.11. The van der Waals surface area contributed by atoms with E-state index in [4.69, 9.17) is 0 Å². The number of benzene rings is 2. The van der Waals surface area contributed by atoms with Gasteiger partial charge in [-0.05, 0) is 59.1 Å². The Morgan fingerprint density at radius 1 is 1.09 bits per heavy atom. The highest BCUT2D eigenvalue weighted by Crippen LogP contribution is 2.30. The Hall–Kier alpha value is -1.59. The number of fused-ring (bicyclic) bond motifs is 1. The summed E-state index contributed by atoms with van der Waals surface area (Å²) < 4.78 is 27.9. The van der Waals surface area contributed by atoms with Crippen molar-refractivity contribution in [1.82, 2.24) is 3.97 Å². The molecule has 0 unspecified atom stereocenters. The van der Waals surface area contributed by atoms with E-state index >= 15 is 0 Å². The van der Waals surface area contributed by atoms with Crippen molar-refractivity contribution in [3.63, 3.8) is 0 Å². The van der Waals surface area contributed by atoms with Crippen molar-refractivity contribution in [1.29, 1.82) is 0 Å². The van der Waals surface area contributed by atoms with Gasteiger partial charge >= 0.3 is 0 Å². The maximum absolute atomic E-state index is 12.9. The van der Waals surface area contributed by atoms with E-state index < -0.39 is 10.0 Å². The van der Waals surface area contributed by atoms with Crippen LogP contribution in [0.2, 0.25) is 0 Å². The summed E-state index contributed by atoms with van der Waals surface area (Å²) in [5.74, 6) is 0. The van der Waals surface area contributed by atoms with Gasteiger partial charge in [0.1, 0.15) is 0 Å². The summed E-state index contributed by atoms with van der Waals surface area (Å²) in [5.41, 5.74) is 2.90. The third-order valence-corrected chi connectivity index (χ3v) is 6.09. The number of aryl methyl sites for hydroxylation is 2. The minimum Gasteiger partial charge on any atom is -0.240 e. The van der Waals surface area contributed by atoms with Gasteiger partial charge in [0.2, 0.25) is 0 Å². The number of rotatable bonds is 3. The molecule has 3 nitrogen and oxygen atoms in total. The van der Waals surface area contributed by atoms with Crippen molar-refractivity contribution in [3.05, 3.63) is 64.3 Å². The third-order valence-electron chi connectivity index (χ3n) is 3.77. The minimum absolute atomic E-state index is 0.294. The van der Waals surface area contributed by atoms with E-state index in [2.05, 4.69) is 22.9 Å². The maximum Gasteiger partial charge on any atom is 0.268 e. The maximum atomic E-state index is 12.9. The molecule has 0 saturated heterocycles. The molecular formula is C17H16BrNO2S. The lowest BCUT2D eigenvalue weighted by atomic mass is 10.1. The van der Waals surface area contributed by atoms with E-state index in [1.807, 2.05) is 37.3 Å². The Morgan fingerprint density at radius 2 is 1.77 bits per heavy atom. The van der Waals surface area contributed by atoms with Gasteiger partial charge in [-0.25, -0.2) is 12.4 Å². The molecule has 0 saturated carbocycles. The van der Waals surface area contributed by atoms with E-state index in [1.54, 1.807) is 18.3 Å². The smallest absolute Gasteiger partial charge is 0.240 e. The van der Waals surface area contributed by atoms with Crippen LogP contribution in [0, 0.1) is 6.92 Å². The summed E-state index contributed by atoms with van der Waals surface area (Å²) in [5, 5.41) is 0.912. The number of nitrogens with zero attached hydrogens (tertiary/aromatic N) is 1. The number of hydrogen-bond donors (Lipinski definition) is 0. The molecule has 0 fully saturated rings. The van der Waals surface area contributed by atoms with E-state index in [0.717, 1.165) is 21.8 Å². The largest absolute Gasteiger partial charge is 0.268 e. The normalized spacial score (nSPS) is 12.0. The molecule has 0 atom stereocenters. The fraction of sp³-hybridized carbons (Fsp3) is 0.176. The highest BCUT2D eigenvalue weighted by Gasteiger charge is 2.20. The zero-order chi connectivity index (χ0) is 15.9. The molecule has 3 rings (SSSR count). The SMILES string of the molecule is CCc1ccc2c(c1)c(Br)cn2S(=O)(=O)c1ccc(C)cc1. The van der Waals surface area contributed by atoms with E-state index in [9.17, 15) is 8.42 Å². The van der Waals surface area contributed by atoms with Crippen molar-refractivity contribution in [2.24, 2.45) is 0 Å². The summed E-state index contributed by atoms with van der Waals surface area (Å²) in [6.45, 7) is 4.01. The zero-order valence-electron chi connectivity index (χ0n) is 12.4. The third kappa shape index (κ3) is 2.48. The highest BCUT2D eigenvalue weighted by molar-refractivity contribution is 9.10. The van der Waals surface area contributed by atoms with Crippen LogP contribution in [0.25, 0.3) is 10.9 Å². The Kier molecular flexibility index (Phi) is 3.87. The monoisotopic (exact) mass is 377 g/mol.